The Kier molecular flexibility index (Phi) is 10.9. The first-order valence-electron chi connectivity index (χ1n) is 12.6. The molecule has 0 radical (unpaired) electrons. The zero-order valence-electron chi connectivity index (χ0n) is 21.4. The Hall–Kier alpha value is -2.94. The van der Waals surface area contributed by atoms with Crippen LogP contribution in [0.1, 0.15) is 56.1 Å². The Morgan fingerprint density at radius 1 is 1.14 bits per heavy atom. The fraction of sp³-hybridized carbons (Fsp3) is 0.464. The number of ether oxygens (including phenoxy) is 2. The second kappa shape index (κ2) is 14.1. The molecule has 0 heterocycles. The average molecular weight is 577 g/mol. The zero-order valence-corrected chi connectivity index (χ0v) is 23.0. The molecule has 3 rings (SSSR count). The highest BCUT2D eigenvalue weighted by molar-refractivity contribution is 9.10. The van der Waals surface area contributed by atoms with Crippen LogP contribution in [0.5, 0.6) is 11.5 Å². The molecule has 37 heavy (non-hydrogen) atoms. The summed E-state index contributed by atoms with van der Waals surface area (Å²) < 4.78 is 24.7. The fourth-order valence-electron chi connectivity index (χ4n) is 4.65. The molecular weight excluding hydrogens is 541 g/mol. The number of guanidine groups is 1. The van der Waals surface area contributed by atoms with E-state index < -0.39 is 11.9 Å². The molecule has 1 saturated carbocycles. The van der Waals surface area contributed by atoms with Crippen molar-refractivity contribution in [3.63, 3.8) is 0 Å². The highest BCUT2D eigenvalue weighted by Crippen LogP contribution is 2.29. The number of halogens is 2. The molecule has 0 bridgehead atoms. The number of carbonyl (C=O) groups is 2. The van der Waals surface area contributed by atoms with Crippen LogP contribution >= 0.6 is 15.9 Å². The third kappa shape index (κ3) is 8.84. The smallest absolute Gasteiger partial charge is 0.231 e. The lowest BCUT2D eigenvalue weighted by molar-refractivity contribution is -0.121. The van der Waals surface area contributed by atoms with E-state index in [0.29, 0.717) is 24.5 Å². The number of methoxy groups -OCH3 is 2. The van der Waals surface area contributed by atoms with Crippen molar-refractivity contribution >= 4 is 33.6 Å². The van der Waals surface area contributed by atoms with Crippen molar-refractivity contribution in [3.05, 3.63) is 57.8 Å². The van der Waals surface area contributed by atoms with E-state index in [2.05, 4.69) is 26.2 Å². The molecule has 1 aliphatic rings. The van der Waals surface area contributed by atoms with Crippen molar-refractivity contribution in [3.8, 4) is 11.5 Å². The van der Waals surface area contributed by atoms with Crippen LogP contribution in [0.25, 0.3) is 0 Å². The highest BCUT2D eigenvalue weighted by Gasteiger charge is 2.24. The predicted octanol–water partition coefficient (Wildman–Crippen LogP) is 5.12. The van der Waals surface area contributed by atoms with Gasteiger partial charge < -0.3 is 15.2 Å². The molecule has 1 fully saturated rings. The van der Waals surface area contributed by atoms with Crippen LogP contribution in [-0.4, -0.2) is 37.9 Å². The lowest BCUT2D eigenvalue weighted by Gasteiger charge is -2.24. The van der Waals surface area contributed by atoms with Crippen molar-refractivity contribution in [1.29, 1.82) is 0 Å². The van der Waals surface area contributed by atoms with Gasteiger partial charge in [0.15, 0.2) is 23.3 Å². The Labute approximate surface area is 226 Å². The average Bonchev–Trinajstić information content (AvgIpc) is 2.89. The van der Waals surface area contributed by atoms with Crippen LogP contribution in [0.4, 0.5) is 4.39 Å². The number of ketones is 1. The number of nitrogens with zero attached hydrogens (tertiary/aromatic N) is 1. The quantitative estimate of drug-likeness (QED) is 0.286. The maximum Gasteiger partial charge on any atom is 0.231 e. The van der Waals surface area contributed by atoms with Crippen molar-refractivity contribution in [2.75, 3.05) is 14.2 Å². The molecule has 1 amide bonds. The molecule has 1 atom stereocenters. The minimum atomic E-state index is -0.640. The number of hydrogen-bond donors (Lipinski definition) is 2. The fourth-order valence-corrected chi connectivity index (χ4v) is 5.15. The minimum Gasteiger partial charge on any atom is -0.497 e. The van der Waals surface area contributed by atoms with E-state index in [9.17, 15) is 14.0 Å². The van der Waals surface area contributed by atoms with E-state index in [-0.39, 0.29) is 36.2 Å². The van der Waals surface area contributed by atoms with Gasteiger partial charge >= 0.3 is 0 Å². The monoisotopic (exact) mass is 575 g/mol. The Balaban J connectivity index is 1.66. The third-order valence-corrected chi connectivity index (χ3v) is 7.44. The van der Waals surface area contributed by atoms with Crippen LogP contribution in [0.3, 0.4) is 0 Å². The van der Waals surface area contributed by atoms with Crippen molar-refractivity contribution in [2.45, 2.75) is 63.8 Å². The van der Waals surface area contributed by atoms with Gasteiger partial charge in [0.05, 0.1) is 20.6 Å². The molecule has 9 heteroatoms. The number of Topliss-reactive ketones (excluding diaryl/α,β-unsaturated/α-hetero) is 1. The van der Waals surface area contributed by atoms with Gasteiger partial charge in [0.25, 0.3) is 0 Å². The minimum absolute atomic E-state index is 0.0519. The van der Waals surface area contributed by atoms with Crippen LogP contribution in [0.15, 0.2) is 45.9 Å². The molecule has 200 valence electrons. The zero-order chi connectivity index (χ0) is 26.8. The van der Waals surface area contributed by atoms with Gasteiger partial charge in [-0.3, -0.25) is 14.9 Å². The second-order valence-electron chi connectivity index (χ2n) is 9.39. The number of hydrogen-bond acceptors (Lipinski definition) is 5. The molecule has 1 aliphatic carbocycles. The summed E-state index contributed by atoms with van der Waals surface area (Å²) in [4.78, 5) is 30.3. The molecule has 7 nitrogen and oxygen atoms in total. The molecule has 0 unspecified atom stereocenters. The molecular formula is C28H35BrFN3O4. The van der Waals surface area contributed by atoms with Crippen LogP contribution in [0.2, 0.25) is 0 Å². The van der Waals surface area contributed by atoms with Gasteiger partial charge in [-0.15, -0.1) is 0 Å². The number of nitrogens with two attached hydrogens (primary N) is 1. The first-order valence-corrected chi connectivity index (χ1v) is 13.4. The summed E-state index contributed by atoms with van der Waals surface area (Å²) in [6.07, 6.45) is 6.99. The first-order chi connectivity index (χ1) is 17.8. The van der Waals surface area contributed by atoms with Crippen molar-refractivity contribution < 1.29 is 23.5 Å². The largest absolute Gasteiger partial charge is 0.497 e. The molecule has 0 aliphatic heterocycles. The van der Waals surface area contributed by atoms with Crippen LogP contribution < -0.4 is 20.5 Å². The Bertz CT molecular complexity index is 1120. The summed E-state index contributed by atoms with van der Waals surface area (Å²) >= 11 is 3.45. The lowest BCUT2D eigenvalue weighted by Crippen LogP contribution is -2.40. The number of benzene rings is 2. The van der Waals surface area contributed by atoms with Gasteiger partial charge in [-0.25, -0.2) is 9.38 Å². The van der Waals surface area contributed by atoms with E-state index in [1.54, 1.807) is 37.4 Å². The summed E-state index contributed by atoms with van der Waals surface area (Å²) in [6.45, 7) is 0. The van der Waals surface area contributed by atoms with Crippen molar-refractivity contribution in [1.82, 2.24) is 5.32 Å². The highest BCUT2D eigenvalue weighted by atomic mass is 79.9. The van der Waals surface area contributed by atoms with Gasteiger partial charge in [0.2, 0.25) is 5.91 Å². The SMILES string of the molecule is COc1ccc(CC(=O)NC(N)=N[C@H](CC2CCCCC2)C(=O)CCc2ccc(F)c(OC)c2)c(Br)c1. The van der Waals surface area contributed by atoms with E-state index in [0.717, 1.165) is 41.3 Å². The Morgan fingerprint density at radius 3 is 2.57 bits per heavy atom. The second-order valence-corrected chi connectivity index (χ2v) is 10.2. The molecule has 0 spiro atoms. The van der Waals surface area contributed by atoms with Gasteiger partial charge in [0.1, 0.15) is 11.8 Å². The van der Waals surface area contributed by atoms with Gasteiger partial charge in [-0.2, -0.15) is 0 Å². The summed E-state index contributed by atoms with van der Waals surface area (Å²) in [7, 11) is 2.99. The standard InChI is InChI=1S/C28H35BrFN3O4/c1-36-21-11-10-20(22(29)17-21)16-27(35)33-28(31)32-24(14-18-6-4-3-5-7-18)25(34)13-9-19-8-12-23(30)26(15-19)37-2/h8,10-12,15,17-18,24H,3-7,9,13-14,16H2,1-2H3,(H3,31,32,33,35)/t24-/m1/s1. The molecule has 2 aromatic rings. The van der Waals surface area contributed by atoms with E-state index in [4.69, 9.17) is 15.2 Å². The summed E-state index contributed by atoms with van der Waals surface area (Å²) in [6, 6.07) is 9.32. The number of carbonyl (C=O) groups excluding carboxylic acids is 2. The molecule has 3 N–H and O–H groups in total. The predicted molar refractivity (Wildman–Crippen MR) is 145 cm³/mol. The normalized spacial score (nSPS) is 15.2. The first kappa shape index (κ1) is 28.6. The van der Waals surface area contributed by atoms with Gasteiger partial charge in [0, 0.05) is 10.9 Å². The lowest BCUT2D eigenvalue weighted by atomic mass is 9.83. The number of nitrogens with one attached hydrogen (secondary N) is 1. The number of rotatable bonds is 11. The van der Waals surface area contributed by atoms with E-state index in [1.165, 1.54) is 19.6 Å². The number of amides is 1. The van der Waals surface area contributed by atoms with Crippen molar-refractivity contribution in [2.24, 2.45) is 16.6 Å². The third-order valence-electron chi connectivity index (χ3n) is 6.70. The maximum atomic E-state index is 13.7. The molecule has 0 saturated heterocycles. The van der Waals surface area contributed by atoms with E-state index >= 15 is 0 Å². The summed E-state index contributed by atoms with van der Waals surface area (Å²) in [5, 5.41) is 2.63. The van der Waals surface area contributed by atoms with Gasteiger partial charge in [-0.05, 0) is 54.2 Å². The maximum absolute atomic E-state index is 13.7. The number of aryl methyl sites for hydroxylation is 1. The molecule has 2 aromatic carbocycles. The Morgan fingerprint density at radius 2 is 1.89 bits per heavy atom. The van der Waals surface area contributed by atoms with Gasteiger partial charge in [-0.1, -0.05) is 60.2 Å². The van der Waals surface area contributed by atoms with Crippen LogP contribution in [-0.2, 0) is 22.4 Å². The van der Waals surface area contributed by atoms with E-state index in [1.807, 2.05) is 0 Å². The summed E-state index contributed by atoms with van der Waals surface area (Å²) in [5.41, 5.74) is 7.67. The van der Waals surface area contributed by atoms with Crippen LogP contribution in [0, 0.1) is 11.7 Å². The number of aliphatic imine (C=N–C) groups is 1. The topological polar surface area (TPSA) is 103 Å². The molecule has 0 aromatic heterocycles. The summed E-state index contributed by atoms with van der Waals surface area (Å²) in [5.74, 6) is 0.349.